The minimum Gasteiger partial charge on any atom is -0.449 e. The van der Waals surface area contributed by atoms with Crippen LogP contribution >= 0.6 is 0 Å². The third kappa shape index (κ3) is 11.8. The first-order chi connectivity index (χ1) is 9.45. The van der Waals surface area contributed by atoms with Gasteiger partial charge in [0.15, 0.2) is 6.10 Å². The standard InChI is InChI=1S/C18H30O2/c1-6-7-8-9-10-11-18(19)20-17(14-16(4)5)13-12-15(2)3/h16-17H,2,6-11,14H2,1,3-5H3. The molecule has 0 rings (SSSR count). The second-order valence-electron chi connectivity index (χ2n) is 5.82. The van der Waals surface area contributed by atoms with Gasteiger partial charge in [-0.3, -0.25) is 4.79 Å². The second kappa shape index (κ2) is 11.6. The van der Waals surface area contributed by atoms with E-state index in [2.05, 4.69) is 39.2 Å². The molecule has 20 heavy (non-hydrogen) atoms. The van der Waals surface area contributed by atoms with Gasteiger partial charge in [0.25, 0.3) is 0 Å². The SMILES string of the molecule is C=C(C)C#CC(CC(C)C)OC(=O)CCCCCCC. The van der Waals surface area contributed by atoms with Crippen LogP contribution in [0.4, 0.5) is 0 Å². The lowest BCUT2D eigenvalue weighted by atomic mass is 10.1. The second-order valence-corrected chi connectivity index (χ2v) is 5.82. The number of ether oxygens (including phenoxy) is 1. The van der Waals surface area contributed by atoms with Crippen LogP contribution in [0.2, 0.25) is 0 Å². The molecule has 0 aromatic heterocycles. The number of carbonyl (C=O) groups is 1. The molecule has 0 heterocycles. The third-order valence-electron chi connectivity index (χ3n) is 2.89. The fraction of sp³-hybridized carbons (Fsp3) is 0.722. The molecule has 0 fully saturated rings. The van der Waals surface area contributed by atoms with Gasteiger partial charge in [0.05, 0.1) is 0 Å². The molecule has 0 aliphatic heterocycles. The minimum atomic E-state index is -0.296. The van der Waals surface area contributed by atoms with Crippen LogP contribution in [-0.4, -0.2) is 12.1 Å². The molecule has 2 heteroatoms. The average Bonchev–Trinajstić information content (AvgIpc) is 2.35. The Kier molecular flexibility index (Phi) is 10.9. The predicted molar refractivity (Wildman–Crippen MR) is 85.3 cm³/mol. The topological polar surface area (TPSA) is 26.3 Å². The van der Waals surface area contributed by atoms with E-state index in [9.17, 15) is 4.79 Å². The fourth-order valence-corrected chi connectivity index (χ4v) is 1.86. The van der Waals surface area contributed by atoms with Crippen molar-refractivity contribution in [2.45, 2.75) is 78.7 Å². The molecular weight excluding hydrogens is 248 g/mol. The zero-order valence-corrected chi connectivity index (χ0v) is 13.6. The van der Waals surface area contributed by atoms with Gasteiger partial charge in [-0.15, -0.1) is 0 Å². The van der Waals surface area contributed by atoms with Crippen molar-refractivity contribution < 1.29 is 9.53 Å². The number of unbranched alkanes of at least 4 members (excludes halogenated alkanes) is 4. The number of hydrogen-bond acceptors (Lipinski definition) is 2. The molecule has 0 saturated carbocycles. The normalized spacial score (nSPS) is 11.7. The smallest absolute Gasteiger partial charge is 0.307 e. The summed E-state index contributed by atoms with van der Waals surface area (Å²) in [7, 11) is 0. The van der Waals surface area contributed by atoms with Crippen molar-refractivity contribution in [3.05, 3.63) is 12.2 Å². The average molecular weight is 278 g/mol. The maximum Gasteiger partial charge on any atom is 0.307 e. The molecule has 0 amide bonds. The zero-order chi connectivity index (χ0) is 15.4. The summed E-state index contributed by atoms with van der Waals surface area (Å²) in [5, 5.41) is 0. The highest BCUT2D eigenvalue weighted by atomic mass is 16.5. The fourth-order valence-electron chi connectivity index (χ4n) is 1.86. The van der Waals surface area contributed by atoms with Gasteiger partial charge in [-0.05, 0) is 31.3 Å². The van der Waals surface area contributed by atoms with Gasteiger partial charge in [0.2, 0.25) is 0 Å². The van der Waals surface area contributed by atoms with Crippen LogP contribution in [0.15, 0.2) is 12.2 Å². The maximum absolute atomic E-state index is 11.8. The summed E-state index contributed by atoms with van der Waals surface area (Å²) >= 11 is 0. The van der Waals surface area contributed by atoms with Gasteiger partial charge in [-0.25, -0.2) is 0 Å². The van der Waals surface area contributed by atoms with Crippen molar-refractivity contribution in [2.75, 3.05) is 0 Å². The Hall–Kier alpha value is -1.23. The van der Waals surface area contributed by atoms with Crippen molar-refractivity contribution in [3.63, 3.8) is 0 Å². The van der Waals surface area contributed by atoms with Crippen LogP contribution < -0.4 is 0 Å². The first-order valence-corrected chi connectivity index (χ1v) is 7.82. The summed E-state index contributed by atoms with van der Waals surface area (Å²) in [5.74, 6) is 6.25. The highest BCUT2D eigenvalue weighted by molar-refractivity contribution is 5.69. The molecule has 0 saturated heterocycles. The lowest BCUT2D eigenvalue weighted by Gasteiger charge is -2.14. The Balaban J connectivity index is 4.12. The van der Waals surface area contributed by atoms with Crippen LogP contribution in [0.1, 0.15) is 72.6 Å². The Bertz CT molecular complexity index is 344. The molecule has 0 aromatic carbocycles. The number of esters is 1. The lowest BCUT2D eigenvalue weighted by Crippen LogP contribution is -2.18. The molecule has 0 spiro atoms. The van der Waals surface area contributed by atoms with Crippen molar-refractivity contribution in [1.29, 1.82) is 0 Å². The van der Waals surface area contributed by atoms with Crippen molar-refractivity contribution in [1.82, 2.24) is 0 Å². The predicted octanol–water partition coefficient (Wildman–Crippen LogP) is 4.88. The van der Waals surface area contributed by atoms with E-state index in [-0.39, 0.29) is 12.1 Å². The molecule has 0 radical (unpaired) electrons. The molecule has 1 atom stereocenters. The minimum absolute atomic E-state index is 0.122. The lowest BCUT2D eigenvalue weighted by molar-refractivity contribution is -0.147. The third-order valence-corrected chi connectivity index (χ3v) is 2.89. The Morgan fingerprint density at radius 2 is 1.85 bits per heavy atom. The van der Waals surface area contributed by atoms with E-state index in [1.807, 2.05) is 6.92 Å². The molecule has 0 aromatic rings. The van der Waals surface area contributed by atoms with Gasteiger partial charge in [0, 0.05) is 6.42 Å². The van der Waals surface area contributed by atoms with Crippen LogP contribution in [0.3, 0.4) is 0 Å². The van der Waals surface area contributed by atoms with Crippen molar-refractivity contribution in [3.8, 4) is 11.8 Å². The van der Waals surface area contributed by atoms with Gasteiger partial charge in [0.1, 0.15) is 0 Å². The van der Waals surface area contributed by atoms with Gasteiger partial charge in [-0.1, -0.05) is 64.9 Å². The summed E-state index contributed by atoms with van der Waals surface area (Å²) in [6.07, 6.45) is 6.68. The molecule has 0 bridgehead atoms. The molecule has 1 unspecified atom stereocenters. The van der Waals surface area contributed by atoms with Gasteiger partial charge >= 0.3 is 5.97 Å². The van der Waals surface area contributed by atoms with Crippen LogP contribution in [-0.2, 0) is 9.53 Å². The van der Waals surface area contributed by atoms with Gasteiger partial charge in [-0.2, -0.15) is 0 Å². The summed E-state index contributed by atoms with van der Waals surface area (Å²) < 4.78 is 5.46. The monoisotopic (exact) mass is 278 g/mol. The quantitative estimate of drug-likeness (QED) is 0.341. The summed E-state index contributed by atoms with van der Waals surface area (Å²) in [5.41, 5.74) is 0.800. The van der Waals surface area contributed by atoms with Gasteiger partial charge < -0.3 is 4.74 Å². The molecular formula is C18H30O2. The van der Waals surface area contributed by atoms with Crippen molar-refractivity contribution in [2.24, 2.45) is 5.92 Å². The van der Waals surface area contributed by atoms with E-state index >= 15 is 0 Å². The van der Waals surface area contributed by atoms with Crippen LogP contribution in [0, 0.1) is 17.8 Å². The van der Waals surface area contributed by atoms with Crippen LogP contribution in [0.5, 0.6) is 0 Å². The van der Waals surface area contributed by atoms with E-state index in [0.29, 0.717) is 12.3 Å². The summed E-state index contributed by atoms with van der Waals surface area (Å²) in [6.45, 7) is 12.0. The summed E-state index contributed by atoms with van der Waals surface area (Å²) in [6, 6.07) is 0. The molecule has 0 aliphatic carbocycles. The van der Waals surface area contributed by atoms with E-state index < -0.39 is 0 Å². The van der Waals surface area contributed by atoms with E-state index in [4.69, 9.17) is 4.74 Å². The van der Waals surface area contributed by atoms with Crippen LogP contribution in [0.25, 0.3) is 0 Å². The zero-order valence-electron chi connectivity index (χ0n) is 13.6. The largest absolute Gasteiger partial charge is 0.449 e. The number of hydrogen-bond donors (Lipinski definition) is 0. The first-order valence-electron chi connectivity index (χ1n) is 7.82. The highest BCUT2D eigenvalue weighted by Crippen LogP contribution is 2.11. The van der Waals surface area contributed by atoms with Crippen molar-refractivity contribution >= 4 is 5.97 Å². The summed E-state index contributed by atoms with van der Waals surface area (Å²) in [4.78, 5) is 11.8. The molecule has 0 N–H and O–H groups in total. The number of rotatable bonds is 9. The number of carbonyl (C=O) groups excluding carboxylic acids is 1. The Labute approximate surface area is 125 Å². The highest BCUT2D eigenvalue weighted by Gasteiger charge is 2.13. The van der Waals surface area contributed by atoms with E-state index in [1.54, 1.807) is 0 Å². The maximum atomic E-state index is 11.8. The van der Waals surface area contributed by atoms with E-state index in [0.717, 1.165) is 24.8 Å². The molecule has 114 valence electrons. The first kappa shape index (κ1) is 18.8. The molecule has 2 nitrogen and oxygen atoms in total. The Morgan fingerprint density at radius 3 is 2.40 bits per heavy atom. The Morgan fingerprint density at radius 1 is 1.20 bits per heavy atom. The molecule has 0 aliphatic rings. The van der Waals surface area contributed by atoms with E-state index in [1.165, 1.54) is 19.3 Å². The number of allylic oxidation sites excluding steroid dienone is 1.